The van der Waals surface area contributed by atoms with Crippen molar-refractivity contribution in [1.82, 2.24) is 4.90 Å². The van der Waals surface area contributed by atoms with E-state index in [1.54, 1.807) is 18.2 Å². The standard InChI is InChI=1S/C13H15NO4/c15-9-10-3-1-2-4-12(10)18-11-5-7-14(8-6-11)13(16)17/h1-4,9,11H,5-8H2,(H,16,17). The Kier molecular flexibility index (Phi) is 3.82. The molecule has 0 spiro atoms. The molecule has 1 amide bonds. The molecule has 1 N–H and O–H groups in total. The van der Waals surface area contributed by atoms with Gasteiger partial charge in [-0.1, -0.05) is 12.1 Å². The third kappa shape index (κ3) is 2.80. The number of benzene rings is 1. The highest BCUT2D eigenvalue weighted by Gasteiger charge is 2.23. The van der Waals surface area contributed by atoms with E-state index in [0.29, 0.717) is 37.2 Å². The average Bonchev–Trinajstić information content (AvgIpc) is 2.40. The van der Waals surface area contributed by atoms with Crippen LogP contribution in [0.1, 0.15) is 23.2 Å². The molecule has 1 heterocycles. The van der Waals surface area contributed by atoms with E-state index in [1.807, 2.05) is 6.07 Å². The van der Waals surface area contributed by atoms with Crippen molar-refractivity contribution in [3.8, 4) is 5.75 Å². The normalized spacial score (nSPS) is 16.3. The second-order valence-corrected chi connectivity index (χ2v) is 4.24. The van der Waals surface area contributed by atoms with Gasteiger partial charge in [-0.15, -0.1) is 0 Å². The predicted molar refractivity (Wildman–Crippen MR) is 65.1 cm³/mol. The number of para-hydroxylation sites is 1. The fourth-order valence-corrected chi connectivity index (χ4v) is 2.03. The Balaban J connectivity index is 1.95. The van der Waals surface area contributed by atoms with Crippen LogP contribution in [0, 0.1) is 0 Å². The minimum atomic E-state index is -0.887. The molecule has 1 aromatic carbocycles. The van der Waals surface area contributed by atoms with Crippen molar-refractivity contribution in [2.24, 2.45) is 0 Å². The van der Waals surface area contributed by atoms with Gasteiger partial charge < -0.3 is 14.7 Å². The molecule has 5 nitrogen and oxygen atoms in total. The van der Waals surface area contributed by atoms with E-state index >= 15 is 0 Å². The summed E-state index contributed by atoms with van der Waals surface area (Å²) < 4.78 is 5.75. The molecule has 0 unspecified atom stereocenters. The van der Waals surface area contributed by atoms with Gasteiger partial charge in [-0.3, -0.25) is 4.79 Å². The lowest BCUT2D eigenvalue weighted by molar-refractivity contribution is 0.0886. The Morgan fingerprint density at radius 1 is 1.33 bits per heavy atom. The Bertz CT molecular complexity index is 438. The zero-order valence-electron chi connectivity index (χ0n) is 9.91. The van der Waals surface area contributed by atoms with Crippen molar-refractivity contribution in [1.29, 1.82) is 0 Å². The molecule has 0 saturated carbocycles. The van der Waals surface area contributed by atoms with E-state index in [9.17, 15) is 9.59 Å². The summed E-state index contributed by atoms with van der Waals surface area (Å²) in [6, 6.07) is 7.06. The van der Waals surface area contributed by atoms with Crippen LogP contribution in [0.25, 0.3) is 0 Å². The number of aldehydes is 1. The van der Waals surface area contributed by atoms with Gasteiger partial charge >= 0.3 is 6.09 Å². The second-order valence-electron chi connectivity index (χ2n) is 4.24. The van der Waals surface area contributed by atoms with Crippen LogP contribution in [0.4, 0.5) is 4.79 Å². The molecule has 1 aliphatic heterocycles. The summed E-state index contributed by atoms with van der Waals surface area (Å²) in [4.78, 5) is 23.0. The first-order valence-corrected chi connectivity index (χ1v) is 5.89. The number of nitrogens with zero attached hydrogens (tertiary/aromatic N) is 1. The van der Waals surface area contributed by atoms with Gasteiger partial charge in [0.15, 0.2) is 6.29 Å². The number of amides is 1. The van der Waals surface area contributed by atoms with Crippen LogP contribution in [0.5, 0.6) is 5.75 Å². The number of piperidine rings is 1. The highest BCUT2D eigenvalue weighted by atomic mass is 16.5. The lowest BCUT2D eigenvalue weighted by atomic mass is 10.1. The zero-order chi connectivity index (χ0) is 13.0. The SMILES string of the molecule is O=Cc1ccccc1OC1CCN(C(=O)O)CC1. The largest absolute Gasteiger partial charge is 0.490 e. The summed E-state index contributed by atoms with van der Waals surface area (Å²) in [6.07, 6.45) is 1.16. The van der Waals surface area contributed by atoms with Crippen LogP contribution in [-0.4, -0.2) is 41.6 Å². The molecule has 1 aliphatic rings. The molecule has 18 heavy (non-hydrogen) atoms. The van der Waals surface area contributed by atoms with Crippen LogP contribution in [0.2, 0.25) is 0 Å². The monoisotopic (exact) mass is 249 g/mol. The summed E-state index contributed by atoms with van der Waals surface area (Å²) >= 11 is 0. The topological polar surface area (TPSA) is 66.8 Å². The summed E-state index contributed by atoms with van der Waals surface area (Å²) in [5.74, 6) is 0.571. The van der Waals surface area contributed by atoms with E-state index in [2.05, 4.69) is 0 Å². The molecule has 0 bridgehead atoms. The first kappa shape index (κ1) is 12.4. The molecule has 1 aromatic rings. The first-order valence-electron chi connectivity index (χ1n) is 5.89. The van der Waals surface area contributed by atoms with Gasteiger partial charge in [0.25, 0.3) is 0 Å². The number of carboxylic acid groups (broad SMARTS) is 1. The van der Waals surface area contributed by atoms with Crippen LogP contribution in [-0.2, 0) is 0 Å². The predicted octanol–water partition coefficient (Wildman–Crippen LogP) is 2.02. The second kappa shape index (κ2) is 5.53. The van der Waals surface area contributed by atoms with E-state index in [0.717, 1.165) is 6.29 Å². The molecule has 5 heteroatoms. The minimum Gasteiger partial charge on any atom is -0.490 e. The van der Waals surface area contributed by atoms with Gasteiger partial charge in [0.05, 0.1) is 5.56 Å². The van der Waals surface area contributed by atoms with Crippen molar-refractivity contribution in [2.75, 3.05) is 13.1 Å². The maximum Gasteiger partial charge on any atom is 0.407 e. The zero-order valence-corrected chi connectivity index (χ0v) is 9.91. The number of carbonyl (C=O) groups excluding carboxylic acids is 1. The summed E-state index contributed by atoms with van der Waals surface area (Å²) in [7, 11) is 0. The van der Waals surface area contributed by atoms with Crippen molar-refractivity contribution in [2.45, 2.75) is 18.9 Å². The number of rotatable bonds is 3. The third-order valence-electron chi connectivity index (χ3n) is 3.05. The number of hydrogen-bond donors (Lipinski definition) is 1. The highest BCUT2D eigenvalue weighted by molar-refractivity contribution is 5.79. The van der Waals surface area contributed by atoms with Gasteiger partial charge in [0, 0.05) is 25.9 Å². The lowest BCUT2D eigenvalue weighted by Gasteiger charge is -2.30. The van der Waals surface area contributed by atoms with Crippen LogP contribution < -0.4 is 4.74 Å². The Morgan fingerprint density at radius 2 is 2.00 bits per heavy atom. The molecular weight excluding hydrogens is 234 g/mol. The number of hydrogen-bond acceptors (Lipinski definition) is 3. The first-order chi connectivity index (χ1) is 8.70. The summed E-state index contributed by atoms with van der Waals surface area (Å²) in [5.41, 5.74) is 0.526. The fraction of sp³-hybridized carbons (Fsp3) is 0.385. The van der Waals surface area contributed by atoms with Gasteiger partial charge in [0.2, 0.25) is 0 Å². The van der Waals surface area contributed by atoms with E-state index in [4.69, 9.17) is 9.84 Å². The van der Waals surface area contributed by atoms with Crippen LogP contribution in [0.3, 0.4) is 0 Å². The highest BCUT2D eigenvalue weighted by Crippen LogP contribution is 2.21. The van der Waals surface area contributed by atoms with Crippen molar-refractivity contribution in [3.05, 3.63) is 29.8 Å². The Hall–Kier alpha value is -2.04. The van der Waals surface area contributed by atoms with E-state index < -0.39 is 6.09 Å². The number of ether oxygens (including phenoxy) is 1. The molecule has 0 radical (unpaired) electrons. The molecule has 2 rings (SSSR count). The maximum absolute atomic E-state index is 10.8. The van der Waals surface area contributed by atoms with Gasteiger partial charge in [-0.05, 0) is 12.1 Å². The van der Waals surface area contributed by atoms with Crippen molar-refractivity contribution < 1.29 is 19.4 Å². The van der Waals surface area contributed by atoms with Gasteiger partial charge in [0.1, 0.15) is 11.9 Å². The molecular formula is C13H15NO4. The number of likely N-dealkylation sites (tertiary alicyclic amines) is 1. The molecule has 0 aromatic heterocycles. The van der Waals surface area contributed by atoms with E-state index in [1.165, 1.54) is 4.90 Å². The molecule has 96 valence electrons. The summed E-state index contributed by atoms with van der Waals surface area (Å²) in [6.45, 7) is 0.951. The van der Waals surface area contributed by atoms with E-state index in [-0.39, 0.29) is 6.10 Å². The minimum absolute atomic E-state index is 0.0262. The fourth-order valence-electron chi connectivity index (χ4n) is 2.03. The smallest absolute Gasteiger partial charge is 0.407 e. The van der Waals surface area contributed by atoms with Crippen LogP contribution >= 0.6 is 0 Å². The van der Waals surface area contributed by atoms with Gasteiger partial charge in [-0.2, -0.15) is 0 Å². The van der Waals surface area contributed by atoms with Crippen molar-refractivity contribution in [3.63, 3.8) is 0 Å². The van der Waals surface area contributed by atoms with Crippen LogP contribution in [0.15, 0.2) is 24.3 Å². The molecule has 0 atom stereocenters. The van der Waals surface area contributed by atoms with Gasteiger partial charge in [-0.25, -0.2) is 4.79 Å². The molecule has 0 aliphatic carbocycles. The van der Waals surface area contributed by atoms with Crippen molar-refractivity contribution >= 4 is 12.4 Å². The molecule has 1 fully saturated rings. The maximum atomic E-state index is 10.8. The Labute approximate surface area is 105 Å². The number of carbonyl (C=O) groups is 2. The average molecular weight is 249 g/mol. The quantitative estimate of drug-likeness (QED) is 0.832. The molecule has 1 saturated heterocycles. The lowest BCUT2D eigenvalue weighted by Crippen LogP contribution is -2.41. The third-order valence-corrected chi connectivity index (χ3v) is 3.05. The summed E-state index contributed by atoms with van der Waals surface area (Å²) in [5, 5.41) is 8.84. The Morgan fingerprint density at radius 3 is 2.61 bits per heavy atom.